The van der Waals surface area contributed by atoms with Crippen LogP contribution in [0.4, 0.5) is 4.79 Å². The maximum atomic E-state index is 11.4. The van der Waals surface area contributed by atoms with Gasteiger partial charge in [0.1, 0.15) is 5.75 Å². The lowest BCUT2D eigenvalue weighted by Crippen LogP contribution is -2.28. The molecule has 2 aliphatic rings. The zero-order chi connectivity index (χ0) is 18.2. The van der Waals surface area contributed by atoms with E-state index in [1.807, 2.05) is 11.0 Å². The third-order valence-electron chi connectivity index (χ3n) is 4.63. The third-order valence-corrected chi connectivity index (χ3v) is 5.59. The summed E-state index contributed by atoms with van der Waals surface area (Å²) in [5.41, 5.74) is 1.25. The summed E-state index contributed by atoms with van der Waals surface area (Å²) in [4.78, 5) is 13.2. The van der Waals surface area contributed by atoms with E-state index in [4.69, 9.17) is 4.74 Å². The number of ether oxygens (including phenoxy) is 1. The van der Waals surface area contributed by atoms with Gasteiger partial charge < -0.3 is 15.0 Å². The fourth-order valence-corrected chi connectivity index (χ4v) is 3.51. The Morgan fingerprint density at radius 1 is 1.42 bits per heavy atom. The van der Waals surface area contributed by atoms with Crippen molar-refractivity contribution in [3.63, 3.8) is 0 Å². The molecule has 6 heteroatoms. The molecule has 1 saturated carbocycles. The highest BCUT2D eigenvalue weighted by atomic mass is 32.2. The normalized spacial score (nSPS) is 18.3. The topological polar surface area (TPSA) is 53.6 Å². The largest absolute Gasteiger partial charge is 0.493 e. The number of hydrogen-bond acceptors (Lipinski definition) is 4. The molecule has 1 unspecified atom stereocenters. The van der Waals surface area contributed by atoms with Crippen LogP contribution in [-0.2, 0) is 0 Å². The van der Waals surface area contributed by atoms with Crippen molar-refractivity contribution in [2.45, 2.75) is 32.2 Å². The molecule has 0 radical (unpaired) electrons. The van der Waals surface area contributed by atoms with Gasteiger partial charge >= 0.3 is 6.03 Å². The second-order valence-electron chi connectivity index (χ2n) is 6.95. The minimum absolute atomic E-state index is 0.0443. The molecule has 5 nitrogen and oxygen atoms in total. The average Bonchev–Trinajstić information content (AvgIpc) is 3.40. The molecule has 1 aliphatic heterocycles. The number of nitrogens with one attached hydrogen (secondary N) is 2. The predicted molar refractivity (Wildman–Crippen MR) is 107 cm³/mol. The molecule has 1 aliphatic carbocycles. The Bertz CT molecular complexity index is 619. The molecular weight excluding hydrogens is 346 g/mol. The van der Waals surface area contributed by atoms with E-state index in [1.54, 1.807) is 11.9 Å². The van der Waals surface area contributed by atoms with E-state index >= 15 is 0 Å². The maximum Gasteiger partial charge on any atom is 0.317 e. The highest BCUT2D eigenvalue weighted by Gasteiger charge is 2.22. The molecule has 3 rings (SSSR count). The van der Waals surface area contributed by atoms with Crippen LogP contribution < -0.4 is 14.8 Å². The predicted octanol–water partition coefficient (Wildman–Crippen LogP) is 3.75. The average molecular weight is 376 g/mol. The second-order valence-corrected chi connectivity index (χ2v) is 7.89. The molecule has 0 spiro atoms. The number of carbonyl (C=O) groups excluding carboxylic acids is 1. The van der Waals surface area contributed by atoms with Gasteiger partial charge in [-0.1, -0.05) is 36.2 Å². The lowest BCUT2D eigenvalue weighted by atomic mass is 10.1. The van der Waals surface area contributed by atoms with Crippen LogP contribution in [0.25, 0.3) is 0 Å². The van der Waals surface area contributed by atoms with E-state index in [1.165, 1.54) is 18.4 Å². The van der Waals surface area contributed by atoms with Crippen molar-refractivity contribution < 1.29 is 9.53 Å². The molecule has 1 aromatic rings. The molecule has 142 valence electrons. The third kappa shape index (κ3) is 6.25. The molecule has 0 aromatic heterocycles. The Morgan fingerprint density at radius 2 is 2.31 bits per heavy atom. The number of hydrogen-bond donors (Lipinski definition) is 2. The zero-order valence-corrected chi connectivity index (χ0v) is 16.3. The molecule has 1 saturated heterocycles. The van der Waals surface area contributed by atoms with Crippen LogP contribution in [0.3, 0.4) is 0 Å². The van der Waals surface area contributed by atoms with Crippen LogP contribution in [0.5, 0.6) is 5.75 Å². The summed E-state index contributed by atoms with van der Waals surface area (Å²) < 4.78 is 9.36. The molecule has 0 bridgehead atoms. The van der Waals surface area contributed by atoms with Crippen LogP contribution in [0.15, 0.2) is 36.4 Å². The summed E-state index contributed by atoms with van der Waals surface area (Å²) in [6.45, 7) is 5.30. The summed E-state index contributed by atoms with van der Waals surface area (Å²) in [5, 5.41) is 2.81. The first-order chi connectivity index (χ1) is 12.7. The Morgan fingerprint density at radius 3 is 3.08 bits per heavy atom. The Kier molecular flexibility index (Phi) is 7.26. The Balaban J connectivity index is 1.30. The number of carbonyl (C=O) groups is 1. The first-order valence-corrected chi connectivity index (χ1v) is 10.5. The molecule has 26 heavy (non-hydrogen) atoms. The van der Waals surface area contributed by atoms with Crippen LogP contribution >= 0.6 is 11.9 Å². The minimum atomic E-state index is 0.0443. The fraction of sp³-hybridized carbons (Fsp3) is 0.550. The lowest BCUT2D eigenvalue weighted by Gasteiger charge is -2.15. The van der Waals surface area contributed by atoms with Gasteiger partial charge in [-0.25, -0.2) is 4.79 Å². The quantitative estimate of drug-likeness (QED) is 0.351. The van der Waals surface area contributed by atoms with Gasteiger partial charge in [0.05, 0.1) is 6.61 Å². The van der Waals surface area contributed by atoms with E-state index in [0.717, 1.165) is 43.5 Å². The minimum Gasteiger partial charge on any atom is -0.493 e. The van der Waals surface area contributed by atoms with Gasteiger partial charge in [-0.05, 0) is 49.8 Å². The smallest absolute Gasteiger partial charge is 0.317 e. The van der Waals surface area contributed by atoms with E-state index in [-0.39, 0.29) is 12.1 Å². The first-order valence-electron chi connectivity index (χ1n) is 9.50. The number of benzene rings is 1. The molecule has 1 atom stereocenters. The molecule has 1 heterocycles. The van der Waals surface area contributed by atoms with Crippen molar-refractivity contribution in [1.82, 2.24) is 14.9 Å². The van der Waals surface area contributed by atoms with Crippen molar-refractivity contribution >= 4 is 18.0 Å². The highest BCUT2D eigenvalue weighted by molar-refractivity contribution is 7.97. The van der Waals surface area contributed by atoms with Crippen LogP contribution in [-0.4, -0.2) is 42.9 Å². The lowest BCUT2D eigenvalue weighted by molar-refractivity contribution is 0.221. The van der Waals surface area contributed by atoms with Crippen molar-refractivity contribution in [1.29, 1.82) is 0 Å². The van der Waals surface area contributed by atoms with Gasteiger partial charge in [0, 0.05) is 31.4 Å². The Labute approximate surface area is 160 Å². The number of amides is 2. The molecule has 2 amide bonds. The van der Waals surface area contributed by atoms with E-state index in [0.29, 0.717) is 6.54 Å². The number of urea groups is 1. The molecular formula is C20H29N3O2S. The summed E-state index contributed by atoms with van der Waals surface area (Å²) >= 11 is 1.74. The number of allylic oxidation sites excluding steroid dienone is 1. The molecule has 2 fully saturated rings. The van der Waals surface area contributed by atoms with E-state index in [9.17, 15) is 4.79 Å². The second kappa shape index (κ2) is 9.88. The van der Waals surface area contributed by atoms with Crippen LogP contribution in [0.1, 0.15) is 37.8 Å². The van der Waals surface area contributed by atoms with Gasteiger partial charge in [-0.3, -0.25) is 4.72 Å². The van der Waals surface area contributed by atoms with Crippen molar-refractivity contribution in [2.75, 3.05) is 32.0 Å². The fourth-order valence-electron chi connectivity index (χ4n) is 2.76. The van der Waals surface area contributed by atoms with Crippen molar-refractivity contribution in [2.24, 2.45) is 5.92 Å². The van der Waals surface area contributed by atoms with Gasteiger partial charge in [-0.2, -0.15) is 0 Å². The summed E-state index contributed by atoms with van der Waals surface area (Å²) in [6.07, 6.45) is 7.85. The standard InChI is InChI=1S/C20H29N3O2S/c1-16(18-6-5-7-19(14-18)25-15-17-8-9-17)22-26-13-4-2-3-11-23-12-10-21-20(23)24/h2-3,5-7,14,16-17,22H,4,8-13,15H2,1H3,(H,21,24)/b3-2+. The summed E-state index contributed by atoms with van der Waals surface area (Å²) in [7, 11) is 0. The van der Waals surface area contributed by atoms with E-state index < -0.39 is 0 Å². The Hall–Kier alpha value is -1.66. The molecule has 1 aromatic carbocycles. The van der Waals surface area contributed by atoms with E-state index in [2.05, 4.69) is 47.3 Å². The van der Waals surface area contributed by atoms with Crippen molar-refractivity contribution in [3.8, 4) is 5.75 Å². The SMILES string of the molecule is CC(NSCC/C=C/CN1CCNC1=O)c1cccc(OCC2CC2)c1. The number of nitrogens with zero attached hydrogens (tertiary/aromatic N) is 1. The molecule has 2 N–H and O–H groups in total. The summed E-state index contributed by atoms with van der Waals surface area (Å²) in [6, 6.07) is 8.71. The summed E-state index contributed by atoms with van der Waals surface area (Å²) in [5.74, 6) is 2.75. The van der Waals surface area contributed by atoms with Gasteiger partial charge in [-0.15, -0.1) is 0 Å². The highest BCUT2D eigenvalue weighted by Crippen LogP contribution is 2.30. The van der Waals surface area contributed by atoms with Gasteiger partial charge in [0.15, 0.2) is 0 Å². The monoisotopic (exact) mass is 375 g/mol. The van der Waals surface area contributed by atoms with Gasteiger partial charge in [0.2, 0.25) is 0 Å². The number of rotatable bonds is 11. The van der Waals surface area contributed by atoms with Crippen LogP contribution in [0.2, 0.25) is 0 Å². The maximum absolute atomic E-state index is 11.4. The van der Waals surface area contributed by atoms with Crippen molar-refractivity contribution in [3.05, 3.63) is 42.0 Å². The van der Waals surface area contributed by atoms with Crippen LogP contribution in [0, 0.1) is 5.92 Å². The first kappa shape index (κ1) is 19.1. The van der Waals surface area contributed by atoms with Gasteiger partial charge in [0.25, 0.3) is 0 Å². The zero-order valence-electron chi connectivity index (χ0n) is 15.4.